The van der Waals surface area contributed by atoms with Crippen LogP contribution < -0.4 is 0 Å². The van der Waals surface area contributed by atoms with Crippen LogP contribution in [0.4, 0.5) is 0 Å². The summed E-state index contributed by atoms with van der Waals surface area (Å²) in [6.07, 6.45) is 0. The highest BCUT2D eigenvalue weighted by atomic mass is 16.4. The molecule has 0 amide bonds. The molecule has 85 valence electrons. The molecule has 1 unspecified atom stereocenters. The van der Waals surface area contributed by atoms with E-state index in [1.165, 1.54) is 0 Å². The van der Waals surface area contributed by atoms with Gasteiger partial charge in [0.2, 0.25) is 0 Å². The van der Waals surface area contributed by atoms with Crippen LogP contribution in [0.25, 0.3) is 11.1 Å². The molecule has 0 aromatic heterocycles. The zero-order valence-electron chi connectivity index (χ0n) is 9.55. The SMILES string of the molecule is CC(C(=O)O)c1ccc(-c2c[c]ccc2)cc1. The molecule has 0 aliphatic carbocycles. The summed E-state index contributed by atoms with van der Waals surface area (Å²) < 4.78 is 0. The second-order valence-corrected chi connectivity index (χ2v) is 3.97. The van der Waals surface area contributed by atoms with Crippen LogP contribution in [0, 0.1) is 6.07 Å². The van der Waals surface area contributed by atoms with E-state index in [0.717, 1.165) is 16.7 Å². The minimum absolute atomic E-state index is 0.466. The number of hydrogen-bond acceptors (Lipinski definition) is 1. The summed E-state index contributed by atoms with van der Waals surface area (Å²) in [6, 6.07) is 18.3. The number of carbonyl (C=O) groups is 1. The van der Waals surface area contributed by atoms with Gasteiger partial charge in [-0.05, 0) is 35.7 Å². The lowest BCUT2D eigenvalue weighted by molar-refractivity contribution is -0.138. The zero-order chi connectivity index (χ0) is 12.3. The first-order valence-corrected chi connectivity index (χ1v) is 5.48. The molecule has 2 aromatic rings. The molecule has 2 aromatic carbocycles. The zero-order valence-corrected chi connectivity index (χ0v) is 9.55. The fourth-order valence-corrected chi connectivity index (χ4v) is 1.68. The van der Waals surface area contributed by atoms with Crippen LogP contribution in [0.3, 0.4) is 0 Å². The molecule has 0 heterocycles. The standard InChI is InChI=1S/C15H13O2/c1-11(15(16)17)12-7-9-14(10-8-12)13-5-3-2-4-6-13/h2-3,5-11H,1H3,(H,16,17). The highest BCUT2D eigenvalue weighted by molar-refractivity contribution is 5.76. The smallest absolute Gasteiger partial charge is 0.310 e. The summed E-state index contributed by atoms with van der Waals surface area (Å²) in [7, 11) is 0. The van der Waals surface area contributed by atoms with Gasteiger partial charge in [0, 0.05) is 0 Å². The number of aliphatic carboxylic acids is 1. The number of carboxylic acid groups (broad SMARTS) is 1. The monoisotopic (exact) mass is 225 g/mol. The third-order valence-corrected chi connectivity index (χ3v) is 2.82. The van der Waals surface area contributed by atoms with Crippen molar-refractivity contribution in [1.29, 1.82) is 0 Å². The lowest BCUT2D eigenvalue weighted by Crippen LogP contribution is -2.06. The summed E-state index contributed by atoms with van der Waals surface area (Å²) in [5.74, 6) is -1.27. The lowest BCUT2D eigenvalue weighted by atomic mass is 9.98. The molecule has 2 nitrogen and oxygen atoms in total. The van der Waals surface area contributed by atoms with Crippen molar-refractivity contribution in [1.82, 2.24) is 0 Å². The number of benzene rings is 2. The Hall–Kier alpha value is -2.09. The van der Waals surface area contributed by atoms with E-state index in [1.807, 2.05) is 48.5 Å². The quantitative estimate of drug-likeness (QED) is 0.869. The van der Waals surface area contributed by atoms with Crippen LogP contribution in [0.15, 0.2) is 48.5 Å². The Morgan fingerprint density at radius 2 is 1.88 bits per heavy atom. The summed E-state index contributed by atoms with van der Waals surface area (Å²) in [6.45, 7) is 1.69. The van der Waals surface area contributed by atoms with Crippen LogP contribution in [0.1, 0.15) is 18.4 Å². The topological polar surface area (TPSA) is 37.3 Å². The molecule has 17 heavy (non-hydrogen) atoms. The maximum absolute atomic E-state index is 10.8. The maximum atomic E-state index is 10.8. The minimum Gasteiger partial charge on any atom is -0.481 e. The van der Waals surface area contributed by atoms with Crippen LogP contribution >= 0.6 is 0 Å². The van der Waals surface area contributed by atoms with E-state index >= 15 is 0 Å². The molecule has 1 atom stereocenters. The second-order valence-electron chi connectivity index (χ2n) is 3.97. The first-order valence-electron chi connectivity index (χ1n) is 5.48. The Balaban J connectivity index is 2.28. The Morgan fingerprint density at radius 1 is 1.18 bits per heavy atom. The van der Waals surface area contributed by atoms with Gasteiger partial charge in [-0.25, -0.2) is 0 Å². The maximum Gasteiger partial charge on any atom is 0.310 e. The van der Waals surface area contributed by atoms with Gasteiger partial charge >= 0.3 is 5.97 Å². The molecule has 0 aliphatic rings. The predicted molar refractivity (Wildman–Crippen MR) is 66.8 cm³/mol. The van der Waals surface area contributed by atoms with E-state index in [0.29, 0.717) is 0 Å². The Morgan fingerprint density at radius 3 is 2.41 bits per heavy atom. The van der Waals surface area contributed by atoms with Crippen molar-refractivity contribution in [3.8, 4) is 11.1 Å². The highest BCUT2D eigenvalue weighted by Gasteiger charge is 2.12. The molecule has 1 N–H and O–H groups in total. The molecule has 0 bridgehead atoms. The van der Waals surface area contributed by atoms with Crippen molar-refractivity contribution in [2.45, 2.75) is 12.8 Å². The van der Waals surface area contributed by atoms with Gasteiger partial charge in [0.1, 0.15) is 0 Å². The van der Waals surface area contributed by atoms with Gasteiger partial charge in [0.05, 0.1) is 5.92 Å². The van der Waals surface area contributed by atoms with Gasteiger partial charge in [-0.15, -0.1) is 0 Å². The predicted octanol–water partition coefficient (Wildman–Crippen LogP) is 3.34. The van der Waals surface area contributed by atoms with Crippen molar-refractivity contribution in [2.24, 2.45) is 0 Å². The van der Waals surface area contributed by atoms with E-state index in [2.05, 4.69) is 6.07 Å². The van der Waals surface area contributed by atoms with Gasteiger partial charge in [-0.1, -0.05) is 42.5 Å². The van der Waals surface area contributed by atoms with Crippen LogP contribution in [-0.2, 0) is 4.79 Å². The Bertz CT molecular complexity index is 500. The van der Waals surface area contributed by atoms with Crippen molar-refractivity contribution < 1.29 is 9.90 Å². The second kappa shape index (κ2) is 4.83. The minimum atomic E-state index is -0.800. The Labute approximate surface area is 101 Å². The van der Waals surface area contributed by atoms with Crippen molar-refractivity contribution in [2.75, 3.05) is 0 Å². The molecular formula is C15H13O2. The summed E-state index contributed by atoms with van der Waals surface area (Å²) in [5, 5.41) is 8.92. The first-order chi connectivity index (χ1) is 8.18. The molecule has 0 aliphatic heterocycles. The molecule has 0 spiro atoms. The first kappa shape index (κ1) is 11.4. The average Bonchev–Trinajstić information content (AvgIpc) is 2.39. The fourth-order valence-electron chi connectivity index (χ4n) is 1.68. The third-order valence-electron chi connectivity index (χ3n) is 2.82. The van der Waals surface area contributed by atoms with Crippen LogP contribution in [0.5, 0.6) is 0 Å². The van der Waals surface area contributed by atoms with Crippen molar-refractivity contribution >= 4 is 5.97 Å². The highest BCUT2D eigenvalue weighted by Crippen LogP contribution is 2.22. The molecule has 0 saturated heterocycles. The largest absolute Gasteiger partial charge is 0.481 e. The molecule has 0 fully saturated rings. The van der Waals surface area contributed by atoms with Crippen molar-refractivity contribution in [3.63, 3.8) is 0 Å². The van der Waals surface area contributed by atoms with E-state index in [9.17, 15) is 4.79 Å². The third kappa shape index (κ3) is 2.53. The van der Waals surface area contributed by atoms with Gasteiger partial charge in [0.25, 0.3) is 0 Å². The normalized spacial score (nSPS) is 12.1. The Kier molecular flexibility index (Phi) is 3.24. The van der Waals surface area contributed by atoms with E-state index < -0.39 is 11.9 Å². The summed E-state index contributed by atoms with van der Waals surface area (Å²) in [5.41, 5.74) is 2.98. The molecule has 1 radical (unpaired) electrons. The van der Waals surface area contributed by atoms with E-state index in [1.54, 1.807) is 6.92 Å². The number of hydrogen-bond donors (Lipinski definition) is 1. The fraction of sp³-hybridized carbons (Fsp3) is 0.133. The average molecular weight is 225 g/mol. The van der Waals surface area contributed by atoms with Crippen LogP contribution in [0.2, 0.25) is 0 Å². The number of carboxylic acids is 1. The molecule has 2 heteroatoms. The van der Waals surface area contributed by atoms with Crippen molar-refractivity contribution in [3.05, 3.63) is 60.2 Å². The molecule has 0 saturated carbocycles. The lowest BCUT2D eigenvalue weighted by Gasteiger charge is -2.07. The summed E-state index contributed by atoms with van der Waals surface area (Å²) in [4.78, 5) is 10.8. The summed E-state index contributed by atoms with van der Waals surface area (Å²) >= 11 is 0. The van der Waals surface area contributed by atoms with Gasteiger partial charge in [-0.2, -0.15) is 0 Å². The molecular weight excluding hydrogens is 212 g/mol. The number of rotatable bonds is 3. The van der Waals surface area contributed by atoms with E-state index in [-0.39, 0.29) is 0 Å². The van der Waals surface area contributed by atoms with Gasteiger partial charge < -0.3 is 5.11 Å². The molecule has 2 rings (SSSR count). The van der Waals surface area contributed by atoms with Gasteiger partial charge in [0.15, 0.2) is 0 Å². The van der Waals surface area contributed by atoms with E-state index in [4.69, 9.17) is 5.11 Å². The van der Waals surface area contributed by atoms with Gasteiger partial charge in [-0.3, -0.25) is 4.79 Å². The van der Waals surface area contributed by atoms with Crippen LogP contribution in [-0.4, -0.2) is 11.1 Å².